The number of nitrogens with zero attached hydrogens (tertiary/aromatic N) is 4. The van der Waals surface area contributed by atoms with Crippen LogP contribution in [0.5, 0.6) is 0 Å². The van der Waals surface area contributed by atoms with Crippen molar-refractivity contribution in [2.24, 2.45) is 5.92 Å². The minimum absolute atomic E-state index is 0.220. The van der Waals surface area contributed by atoms with Crippen molar-refractivity contribution in [3.05, 3.63) is 64.7 Å². The number of benzene rings is 1. The number of thiophene rings is 1. The van der Waals surface area contributed by atoms with Crippen molar-refractivity contribution in [2.45, 2.75) is 19.4 Å². The summed E-state index contributed by atoms with van der Waals surface area (Å²) in [6.45, 7) is 3.86. The first-order valence-corrected chi connectivity index (χ1v) is 11.9. The Morgan fingerprint density at radius 2 is 1.90 bits per heavy atom. The molecule has 1 fully saturated rings. The predicted octanol–water partition coefficient (Wildman–Crippen LogP) is 6.32. The maximum Gasteiger partial charge on any atom is 0.0656 e. The summed E-state index contributed by atoms with van der Waals surface area (Å²) in [6, 6.07) is 12.9. The van der Waals surface area contributed by atoms with Crippen LogP contribution in [0.25, 0.3) is 33.2 Å². The van der Waals surface area contributed by atoms with Crippen LogP contribution < -0.4 is 0 Å². The molecule has 156 valence electrons. The second kappa shape index (κ2) is 8.84. The van der Waals surface area contributed by atoms with Gasteiger partial charge in [0.05, 0.1) is 11.6 Å². The summed E-state index contributed by atoms with van der Waals surface area (Å²) in [5.41, 5.74) is 5.78. The molecule has 4 aromatic rings. The first-order chi connectivity index (χ1) is 15.2. The van der Waals surface area contributed by atoms with E-state index < -0.39 is 0 Å². The highest BCUT2D eigenvalue weighted by Gasteiger charge is 2.19. The van der Waals surface area contributed by atoms with E-state index in [-0.39, 0.29) is 5.92 Å². The Kier molecular flexibility index (Phi) is 5.78. The van der Waals surface area contributed by atoms with Crippen LogP contribution in [-0.2, 0) is 6.54 Å². The lowest BCUT2D eigenvalue weighted by atomic mass is 9.99. The zero-order valence-corrected chi connectivity index (χ0v) is 18.7. The number of halogens is 1. The molecule has 0 aliphatic carbocycles. The smallest absolute Gasteiger partial charge is 0.0656 e. The molecule has 1 aliphatic heterocycles. The summed E-state index contributed by atoms with van der Waals surface area (Å²) in [7, 11) is 0. The Bertz CT molecular complexity index is 1230. The lowest BCUT2D eigenvalue weighted by Crippen LogP contribution is -2.35. The first-order valence-electron chi connectivity index (χ1n) is 10.6. The van der Waals surface area contributed by atoms with E-state index in [2.05, 4.69) is 61.7 Å². The van der Waals surface area contributed by atoms with Gasteiger partial charge in [-0.15, -0.1) is 0 Å². The summed E-state index contributed by atoms with van der Waals surface area (Å²) in [4.78, 5) is 6.98. The zero-order chi connectivity index (χ0) is 21.2. The Morgan fingerprint density at radius 1 is 1.06 bits per heavy atom. The van der Waals surface area contributed by atoms with Crippen molar-refractivity contribution in [3.63, 3.8) is 0 Å². The van der Waals surface area contributed by atoms with Crippen LogP contribution in [0.4, 0.5) is 0 Å². The van der Waals surface area contributed by atoms with Gasteiger partial charge >= 0.3 is 0 Å². The van der Waals surface area contributed by atoms with E-state index >= 15 is 0 Å². The highest BCUT2D eigenvalue weighted by atomic mass is 35.5. The molecule has 0 amide bonds. The monoisotopic (exact) mass is 446 g/mol. The minimum Gasteiger partial charge on any atom is -0.346 e. The molecule has 1 aromatic carbocycles. The molecule has 0 N–H and O–H groups in total. The molecule has 0 unspecified atom stereocenters. The fraction of sp³-hybridized carbons (Fsp3) is 0.280. The molecule has 3 aromatic heterocycles. The summed E-state index contributed by atoms with van der Waals surface area (Å²) >= 11 is 8.05. The van der Waals surface area contributed by atoms with Gasteiger partial charge in [-0.1, -0.05) is 17.7 Å². The normalized spacial score (nSPS) is 15.4. The molecule has 5 rings (SSSR count). The molecule has 1 saturated heterocycles. The van der Waals surface area contributed by atoms with Crippen LogP contribution in [0.15, 0.2) is 59.7 Å². The molecule has 31 heavy (non-hydrogen) atoms. The molecule has 1 aliphatic rings. The molecule has 4 nitrogen and oxygen atoms in total. The van der Waals surface area contributed by atoms with Crippen LogP contribution in [0.1, 0.15) is 12.8 Å². The number of likely N-dealkylation sites (tertiary alicyclic amines) is 1. The molecule has 0 spiro atoms. The Labute approximate surface area is 191 Å². The van der Waals surface area contributed by atoms with Crippen molar-refractivity contribution in [2.75, 3.05) is 19.6 Å². The standard InChI is InChI=1S/C25H23ClN4S/c26-22-1-2-23-24(21-11-20(14-28-15-21)19-5-10-31-17-19)16-30(25(23)12-22)9-8-29-6-3-18(13-27)4-7-29/h1-2,5,10-12,14-18H,3-4,6-9H2. The van der Waals surface area contributed by atoms with Gasteiger partial charge in [-0.3, -0.25) is 4.98 Å². The fourth-order valence-electron chi connectivity index (χ4n) is 4.39. The highest BCUT2D eigenvalue weighted by Crippen LogP contribution is 2.34. The minimum atomic E-state index is 0.220. The quantitative estimate of drug-likeness (QED) is 0.360. The van der Waals surface area contributed by atoms with Crippen LogP contribution in [0.3, 0.4) is 0 Å². The van der Waals surface area contributed by atoms with Crippen LogP contribution >= 0.6 is 22.9 Å². The first kappa shape index (κ1) is 20.3. The molecule has 0 radical (unpaired) electrons. The van der Waals surface area contributed by atoms with Crippen molar-refractivity contribution >= 4 is 33.8 Å². The van der Waals surface area contributed by atoms with Crippen molar-refractivity contribution in [1.29, 1.82) is 5.26 Å². The van der Waals surface area contributed by atoms with Crippen LogP contribution in [-0.4, -0.2) is 34.1 Å². The van der Waals surface area contributed by atoms with Gasteiger partial charge < -0.3 is 9.47 Å². The van der Waals surface area contributed by atoms with Gasteiger partial charge in [0.2, 0.25) is 0 Å². The predicted molar refractivity (Wildman–Crippen MR) is 128 cm³/mol. The number of nitriles is 1. The van der Waals surface area contributed by atoms with E-state index in [9.17, 15) is 0 Å². The third-order valence-electron chi connectivity index (χ3n) is 6.18. The summed E-state index contributed by atoms with van der Waals surface area (Å²) < 4.78 is 2.31. The van der Waals surface area contributed by atoms with Gasteiger partial charge in [0.15, 0.2) is 0 Å². The van der Waals surface area contributed by atoms with E-state index in [1.807, 2.05) is 18.5 Å². The Morgan fingerprint density at radius 3 is 2.68 bits per heavy atom. The summed E-state index contributed by atoms with van der Waals surface area (Å²) in [5.74, 6) is 0.220. The molecule has 6 heteroatoms. The maximum atomic E-state index is 9.13. The number of hydrogen-bond acceptors (Lipinski definition) is 4. The third kappa shape index (κ3) is 4.24. The van der Waals surface area contributed by atoms with Crippen molar-refractivity contribution in [3.8, 4) is 28.3 Å². The van der Waals surface area contributed by atoms with Gasteiger partial charge in [0, 0.05) is 64.7 Å². The number of aromatic nitrogens is 2. The summed E-state index contributed by atoms with van der Waals surface area (Å²) in [6.07, 6.45) is 8.04. The van der Waals surface area contributed by atoms with Gasteiger partial charge in [-0.05, 0) is 66.5 Å². The van der Waals surface area contributed by atoms with Crippen molar-refractivity contribution < 1.29 is 0 Å². The highest BCUT2D eigenvalue weighted by molar-refractivity contribution is 7.08. The van der Waals surface area contributed by atoms with Gasteiger partial charge in [-0.25, -0.2) is 0 Å². The van der Waals surface area contributed by atoms with E-state index in [1.54, 1.807) is 11.3 Å². The zero-order valence-electron chi connectivity index (χ0n) is 17.2. The van der Waals surface area contributed by atoms with E-state index in [4.69, 9.17) is 16.9 Å². The maximum absolute atomic E-state index is 9.13. The average Bonchev–Trinajstić information content (AvgIpc) is 3.46. The number of rotatable bonds is 5. The van der Waals surface area contributed by atoms with Crippen LogP contribution in [0, 0.1) is 17.2 Å². The molecule has 0 atom stereocenters. The molecule has 0 bridgehead atoms. The van der Waals surface area contributed by atoms with Crippen LogP contribution in [0.2, 0.25) is 5.02 Å². The van der Waals surface area contributed by atoms with E-state index in [0.717, 1.165) is 60.7 Å². The molecule has 4 heterocycles. The molecular weight excluding hydrogens is 424 g/mol. The second-order valence-electron chi connectivity index (χ2n) is 8.12. The number of piperidine rings is 1. The van der Waals surface area contributed by atoms with E-state index in [0.29, 0.717) is 0 Å². The van der Waals surface area contributed by atoms with Crippen molar-refractivity contribution in [1.82, 2.24) is 14.5 Å². The fourth-order valence-corrected chi connectivity index (χ4v) is 5.22. The molecule has 0 saturated carbocycles. The third-order valence-corrected chi connectivity index (χ3v) is 7.09. The molecular formula is C25H23ClN4S. The van der Waals surface area contributed by atoms with E-state index in [1.165, 1.54) is 16.5 Å². The van der Waals surface area contributed by atoms with Gasteiger partial charge in [-0.2, -0.15) is 16.6 Å². The number of fused-ring (bicyclic) bond motifs is 1. The second-order valence-corrected chi connectivity index (χ2v) is 9.33. The number of hydrogen-bond donors (Lipinski definition) is 0. The van der Waals surface area contributed by atoms with Gasteiger partial charge in [0.1, 0.15) is 0 Å². The van der Waals surface area contributed by atoms with Gasteiger partial charge in [0.25, 0.3) is 0 Å². The largest absolute Gasteiger partial charge is 0.346 e. The lowest BCUT2D eigenvalue weighted by molar-refractivity contribution is 0.200. The topological polar surface area (TPSA) is 44.9 Å². The number of pyridine rings is 1. The Balaban J connectivity index is 1.45. The average molecular weight is 447 g/mol. The SMILES string of the molecule is N#CC1CCN(CCn2cc(-c3cncc(-c4ccsc4)c3)c3ccc(Cl)cc32)CC1. The summed E-state index contributed by atoms with van der Waals surface area (Å²) in [5, 5.41) is 15.3. The lowest BCUT2D eigenvalue weighted by Gasteiger charge is -2.29. The Hall–Kier alpha value is -2.65.